The molecule has 0 heterocycles. The smallest absolute Gasteiger partial charge is 0.398 e. The van der Waals surface area contributed by atoms with Gasteiger partial charge in [-0.05, 0) is 30.7 Å². The molecule has 0 aliphatic carbocycles. The molecule has 2 nitrogen and oxygen atoms in total. The number of anilines is 1. The van der Waals surface area contributed by atoms with Gasteiger partial charge in [0.1, 0.15) is 0 Å². The lowest BCUT2D eigenvalue weighted by atomic mass is 9.96. The summed E-state index contributed by atoms with van der Waals surface area (Å²) >= 11 is 0. The second-order valence-electron chi connectivity index (χ2n) is 4.44. The van der Waals surface area contributed by atoms with Crippen LogP contribution in [0, 0.1) is 6.92 Å². The first-order valence-electron chi connectivity index (χ1n) is 5.88. The maximum absolute atomic E-state index is 12.7. The summed E-state index contributed by atoms with van der Waals surface area (Å²) in [5.41, 5.74) is 5.69. The minimum Gasteiger partial charge on any atom is -0.398 e. The second kappa shape index (κ2) is 5.00. The summed E-state index contributed by atoms with van der Waals surface area (Å²) < 4.78 is 38.1. The second-order valence-corrected chi connectivity index (χ2v) is 4.44. The fourth-order valence-electron chi connectivity index (χ4n) is 1.90. The van der Waals surface area contributed by atoms with Crippen LogP contribution in [-0.2, 0) is 6.18 Å². The number of carbonyl (C=O) groups excluding carboxylic acids is 1. The summed E-state index contributed by atoms with van der Waals surface area (Å²) in [7, 11) is 0. The van der Waals surface area contributed by atoms with Crippen molar-refractivity contribution >= 4 is 11.5 Å². The summed E-state index contributed by atoms with van der Waals surface area (Å²) in [5, 5.41) is 0. The summed E-state index contributed by atoms with van der Waals surface area (Å²) in [5.74, 6) is -0.508. The molecular weight excluding hydrogens is 267 g/mol. The fourth-order valence-corrected chi connectivity index (χ4v) is 1.90. The number of alkyl halides is 3. The van der Waals surface area contributed by atoms with Crippen molar-refractivity contribution in [1.29, 1.82) is 0 Å². The van der Waals surface area contributed by atoms with Crippen molar-refractivity contribution in [2.45, 2.75) is 13.1 Å². The quantitative estimate of drug-likeness (QED) is 0.670. The Bertz CT molecular complexity index is 662. The van der Waals surface area contributed by atoms with E-state index < -0.39 is 17.5 Å². The molecule has 0 fully saturated rings. The minimum absolute atomic E-state index is 0.0336. The van der Waals surface area contributed by atoms with Gasteiger partial charge in [-0.1, -0.05) is 24.3 Å². The van der Waals surface area contributed by atoms with Gasteiger partial charge in [-0.15, -0.1) is 0 Å². The van der Waals surface area contributed by atoms with E-state index in [1.165, 1.54) is 0 Å². The van der Waals surface area contributed by atoms with Crippen LogP contribution >= 0.6 is 0 Å². The minimum atomic E-state index is -4.51. The SMILES string of the molecule is Cc1ccccc1C(=O)c1cc(C(F)(F)F)ccc1N. The molecule has 20 heavy (non-hydrogen) atoms. The van der Waals surface area contributed by atoms with Crippen molar-refractivity contribution in [2.24, 2.45) is 0 Å². The molecule has 104 valence electrons. The highest BCUT2D eigenvalue weighted by Gasteiger charge is 2.31. The van der Waals surface area contributed by atoms with Crippen LogP contribution in [0.3, 0.4) is 0 Å². The van der Waals surface area contributed by atoms with Crippen molar-refractivity contribution in [2.75, 3.05) is 5.73 Å². The molecule has 0 aliphatic heterocycles. The zero-order valence-electron chi connectivity index (χ0n) is 10.7. The average Bonchev–Trinajstić information content (AvgIpc) is 2.37. The molecule has 0 atom stereocenters. The lowest BCUT2D eigenvalue weighted by molar-refractivity contribution is -0.137. The number of rotatable bonds is 2. The van der Waals surface area contributed by atoms with Gasteiger partial charge in [-0.3, -0.25) is 4.79 Å². The summed E-state index contributed by atoms with van der Waals surface area (Å²) in [6.07, 6.45) is -4.51. The number of hydrogen-bond donors (Lipinski definition) is 1. The third-order valence-corrected chi connectivity index (χ3v) is 3.01. The van der Waals surface area contributed by atoms with Gasteiger partial charge in [0, 0.05) is 16.8 Å². The Morgan fingerprint density at radius 2 is 1.70 bits per heavy atom. The molecule has 2 aromatic carbocycles. The number of nitrogen functional groups attached to an aromatic ring is 1. The van der Waals surface area contributed by atoms with E-state index in [9.17, 15) is 18.0 Å². The number of halogens is 3. The number of hydrogen-bond acceptors (Lipinski definition) is 2. The highest BCUT2D eigenvalue weighted by Crippen LogP contribution is 2.32. The molecule has 5 heteroatoms. The van der Waals surface area contributed by atoms with Gasteiger partial charge < -0.3 is 5.73 Å². The first kappa shape index (κ1) is 14.1. The van der Waals surface area contributed by atoms with Crippen molar-refractivity contribution in [3.63, 3.8) is 0 Å². The Labute approximate surface area is 114 Å². The zero-order chi connectivity index (χ0) is 14.9. The van der Waals surface area contributed by atoms with Crippen molar-refractivity contribution in [3.05, 3.63) is 64.7 Å². The molecule has 0 spiro atoms. The first-order valence-corrected chi connectivity index (χ1v) is 5.88. The molecule has 2 N–H and O–H groups in total. The van der Waals surface area contributed by atoms with E-state index in [0.29, 0.717) is 11.1 Å². The van der Waals surface area contributed by atoms with Gasteiger partial charge in [0.05, 0.1) is 5.56 Å². The van der Waals surface area contributed by atoms with E-state index in [1.807, 2.05) is 0 Å². The van der Waals surface area contributed by atoms with Gasteiger partial charge in [0.25, 0.3) is 0 Å². The van der Waals surface area contributed by atoms with Gasteiger partial charge >= 0.3 is 6.18 Å². The summed E-state index contributed by atoms with van der Waals surface area (Å²) in [4.78, 5) is 12.3. The zero-order valence-corrected chi connectivity index (χ0v) is 10.7. The Kier molecular flexibility index (Phi) is 3.53. The molecule has 0 aromatic heterocycles. The number of aryl methyl sites for hydroxylation is 1. The lowest BCUT2D eigenvalue weighted by Gasteiger charge is -2.11. The predicted molar refractivity (Wildman–Crippen MR) is 70.5 cm³/mol. The Morgan fingerprint density at radius 3 is 2.30 bits per heavy atom. The molecule has 0 saturated heterocycles. The van der Waals surface area contributed by atoms with Gasteiger partial charge in [-0.25, -0.2) is 0 Å². The van der Waals surface area contributed by atoms with Gasteiger partial charge in [0.15, 0.2) is 5.78 Å². The number of ketones is 1. The van der Waals surface area contributed by atoms with E-state index in [2.05, 4.69) is 0 Å². The molecule has 0 aliphatic rings. The van der Waals surface area contributed by atoms with Crippen LogP contribution in [0.5, 0.6) is 0 Å². The number of nitrogens with two attached hydrogens (primary N) is 1. The van der Waals surface area contributed by atoms with Crippen LogP contribution in [0.2, 0.25) is 0 Å². The Balaban J connectivity index is 2.53. The van der Waals surface area contributed by atoms with Crippen molar-refractivity contribution in [1.82, 2.24) is 0 Å². The average molecular weight is 279 g/mol. The molecule has 0 bridgehead atoms. The van der Waals surface area contributed by atoms with Crippen LogP contribution in [-0.4, -0.2) is 5.78 Å². The van der Waals surface area contributed by atoms with Gasteiger partial charge in [-0.2, -0.15) is 13.2 Å². The van der Waals surface area contributed by atoms with Crippen LogP contribution in [0.15, 0.2) is 42.5 Å². The highest BCUT2D eigenvalue weighted by molar-refractivity contribution is 6.12. The molecular formula is C15H12F3NO. The molecule has 0 saturated carbocycles. The van der Waals surface area contributed by atoms with E-state index >= 15 is 0 Å². The third kappa shape index (κ3) is 2.66. The van der Waals surface area contributed by atoms with E-state index in [-0.39, 0.29) is 11.3 Å². The Morgan fingerprint density at radius 1 is 1.05 bits per heavy atom. The van der Waals surface area contributed by atoms with Crippen LogP contribution < -0.4 is 5.73 Å². The monoisotopic (exact) mass is 279 g/mol. The third-order valence-electron chi connectivity index (χ3n) is 3.01. The predicted octanol–water partition coefficient (Wildman–Crippen LogP) is 3.83. The molecule has 2 aromatic rings. The molecule has 0 radical (unpaired) electrons. The van der Waals surface area contributed by atoms with Crippen molar-refractivity contribution in [3.8, 4) is 0 Å². The summed E-state index contributed by atoms with van der Waals surface area (Å²) in [6.45, 7) is 1.72. The normalized spacial score (nSPS) is 11.4. The number of carbonyl (C=O) groups is 1. The number of benzene rings is 2. The van der Waals surface area contributed by atoms with E-state index in [4.69, 9.17) is 5.73 Å². The lowest BCUT2D eigenvalue weighted by Crippen LogP contribution is -2.11. The van der Waals surface area contributed by atoms with Crippen LogP contribution in [0.25, 0.3) is 0 Å². The highest BCUT2D eigenvalue weighted by atomic mass is 19.4. The van der Waals surface area contributed by atoms with Crippen molar-refractivity contribution < 1.29 is 18.0 Å². The largest absolute Gasteiger partial charge is 0.416 e. The maximum atomic E-state index is 12.7. The van der Waals surface area contributed by atoms with Crippen LogP contribution in [0.4, 0.5) is 18.9 Å². The standard InChI is InChI=1S/C15H12F3NO/c1-9-4-2-3-5-11(9)14(20)12-8-10(15(16,17)18)6-7-13(12)19/h2-8H,19H2,1H3. The molecule has 0 amide bonds. The maximum Gasteiger partial charge on any atom is 0.416 e. The van der Waals surface area contributed by atoms with E-state index in [1.54, 1.807) is 31.2 Å². The van der Waals surface area contributed by atoms with Gasteiger partial charge in [0.2, 0.25) is 0 Å². The molecule has 2 rings (SSSR count). The van der Waals surface area contributed by atoms with Crippen LogP contribution in [0.1, 0.15) is 27.0 Å². The first-order chi connectivity index (χ1) is 9.30. The molecule has 0 unspecified atom stereocenters. The Hall–Kier alpha value is -2.30. The fraction of sp³-hybridized carbons (Fsp3) is 0.133. The van der Waals surface area contributed by atoms with E-state index in [0.717, 1.165) is 18.2 Å². The topological polar surface area (TPSA) is 43.1 Å². The summed E-state index contributed by atoms with van der Waals surface area (Å²) in [6, 6.07) is 9.46.